The minimum atomic E-state index is -0.989. The van der Waals surface area contributed by atoms with Crippen LogP contribution in [0.4, 0.5) is 0 Å². The van der Waals surface area contributed by atoms with Crippen molar-refractivity contribution in [1.29, 1.82) is 0 Å². The quantitative estimate of drug-likeness (QED) is 0.668. The summed E-state index contributed by atoms with van der Waals surface area (Å²) in [5.41, 5.74) is 4.15. The van der Waals surface area contributed by atoms with E-state index in [4.69, 9.17) is 15.2 Å². The fourth-order valence-corrected chi connectivity index (χ4v) is 1.70. The van der Waals surface area contributed by atoms with Crippen LogP contribution < -0.4 is 5.73 Å². The molecule has 1 atom stereocenters. The molecule has 2 N–H and O–H groups in total. The molecule has 0 aromatic carbocycles. The smallest absolute Gasteiger partial charge is 0.329 e. The van der Waals surface area contributed by atoms with Crippen molar-refractivity contribution < 1.29 is 14.3 Å². The molecule has 1 heterocycles. The molecule has 0 amide bonds. The zero-order valence-corrected chi connectivity index (χ0v) is 10.2. The molecule has 1 aliphatic heterocycles. The molecule has 1 rings (SSSR count). The third kappa shape index (κ3) is 3.18. The van der Waals surface area contributed by atoms with Gasteiger partial charge in [0.05, 0.1) is 12.2 Å². The molecule has 0 radical (unpaired) electrons. The van der Waals surface area contributed by atoms with Crippen LogP contribution in [0.25, 0.3) is 0 Å². The highest BCUT2D eigenvalue weighted by Gasteiger charge is 2.49. The van der Waals surface area contributed by atoms with Crippen molar-refractivity contribution in [2.45, 2.75) is 57.8 Å². The standard InChI is InChI=1S/C11H21NO3/c1-9(2,3)15-8(13)11(12)6-10(4,5)14-7-11/h6-7,12H2,1-5H3/t11-/m0/s1. The van der Waals surface area contributed by atoms with Gasteiger partial charge in [-0.3, -0.25) is 0 Å². The van der Waals surface area contributed by atoms with Crippen LogP contribution >= 0.6 is 0 Å². The van der Waals surface area contributed by atoms with Crippen molar-refractivity contribution in [3.8, 4) is 0 Å². The first-order chi connectivity index (χ1) is 6.54. The molecule has 0 saturated carbocycles. The summed E-state index contributed by atoms with van der Waals surface area (Å²) in [6.45, 7) is 9.56. The highest BCUT2D eigenvalue weighted by atomic mass is 16.6. The van der Waals surface area contributed by atoms with Gasteiger partial charge in [0.1, 0.15) is 11.1 Å². The van der Waals surface area contributed by atoms with E-state index in [1.807, 2.05) is 34.6 Å². The zero-order valence-electron chi connectivity index (χ0n) is 10.2. The molecule has 88 valence electrons. The Labute approximate surface area is 91.1 Å². The molecule has 4 nitrogen and oxygen atoms in total. The van der Waals surface area contributed by atoms with Gasteiger partial charge in [0.2, 0.25) is 0 Å². The van der Waals surface area contributed by atoms with Crippen LogP contribution in [0.3, 0.4) is 0 Å². The lowest BCUT2D eigenvalue weighted by atomic mass is 9.91. The fourth-order valence-electron chi connectivity index (χ4n) is 1.70. The summed E-state index contributed by atoms with van der Waals surface area (Å²) in [6.07, 6.45) is 0.495. The maximum absolute atomic E-state index is 11.8. The summed E-state index contributed by atoms with van der Waals surface area (Å²) in [5, 5.41) is 0. The van der Waals surface area contributed by atoms with Crippen LogP contribution in [0.2, 0.25) is 0 Å². The summed E-state index contributed by atoms with van der Waals surface area (Å²) in [7, 11) is 0. The van der Waals surface area contributed by atoms with E-state index in [9.17, 15) is 4.79 Å². The first-order valence-electron chi connectivity index (χ1n) is 5.20. The Balaban J connectivity index is 2.69. The normalized spacial score (nSPS) is 30.3. The van der Waals surface area contributed by atoms with E-state index < -0.39 is 11.1 Å². The molecule has 0 bridgehead atoms. The molecule has 15 heavy (non-hydrogen) atoms. The van der Waals surface area contributed by atoms with Crippen LogP contribution in [0.5, 0.6) is 0 Å². The number of carbonyl (C=O) groups excluding carboxylic acids is 1. The van der Waals surface area contributed by atoms with Gasteiger partial charge in [-0.25, -0.2) is 4.79 Å². The fraction of sp³-hybridized carbons (Fsp3) is 0.909. The molecule has 0 aliphatic carbocycles. The Kier molecular flexibility index (Phi) is 2.87. The average Bonchev–Trinajstić information content (AvgIpc) is 2.23. The van der Waals surface area contributed by atoms with Gasteiger partial charge in [-0.2, -0.15) is 0 Å². The van der Waals surface area contributed by atoms with Gasteiger partial charge in [-0.15, -0.1) is 0 Å². The number of rotatable bonds is 1. The van der Waals surface area contributed by atoms with E-state index in [1.165, 1.54) is 0 Å². The van der Waals surface area contributed by atoms with E-state index in [0.29, 0.717) is 6.42 Å². The maximum Gasteiger partial charge on any atom is 0.329 e. The monoisotopic (exact) mass is 215 g/mol. The second-order valence-corrected chi connectivity index (χ2v) is 5.88. The van der Waals surface area contributed by atoms with Gasteiger partial charge in [-0.1, -0.05) is 0 Å². The second kappa shape index (κ2) is 3.46. The van der Waals surface area contributed by atoms with Crippen molar-refractivity contribution in [2.75, 3.05) is 6.61 Å². The molecular weight excluding hydrogens is 194 g/mol. The summed E-state index contributed by atoms with van der Waals surface area (Å²) in [5.74, 6) is -0.374. The Hall–Kier alpha value is -0.610. The molecule has 1 saturated heterocycles. The van der Waals surface area contributed by atoms with E-state index in [1.54, 1.807) is 0 Å². The van der Waals surface area contributed by atoms with Gasteiger partial charge in [0.25, 0.3) is 0 Å². The van der Waals surface area contributed by atoms with Gasteiger partial charge in [0, 0.05) is 6.42 Å². The van der Waals surface area contributed by atoms with Crippen LogP contribution in [0, 0.1) is 0 Å². The molecule has 0 aromatic heterocycles. The van der Waals surface area contributed by atoms with Crippen LogP contribution in [-0.2, 0) is 14.3 Å². The second-order valence-electron chi connectivity index (χ2n) is 5.88. The number of carbonyl (C=O) groups is 1. The first-order valence-corrected chi connectivity index (χ1v) is 5.20. The molecule has 1 aliphatic rings. The van der Waals surface area contributed by atoms with E-state index >= 15 is 0 Å². The molecule has 1 fully saturated rings. The Morgan fingerprint density at radius 2 is 1.93 bits per heavy atom. The van der Waals surface area contributed by atoms with E-state index in [2.05, 4.69) is 0 Å². The number of hydrogen-bond acceptors (Lipinski definition) is 4. The largest absolute Gasteiger partial charge is 0.459 e. The topological polar surface area (TPSA) is 61.5 Å². The van der Waals surface area contributed by atoms with E-state index in [-0.39, 0.29) is 18.2 Å². The van der Waals surface area contributed by atoms with Gasteiger partial charge >= 0.3 is 5.97 Å². The predicted molar refractivity (Wildman–Crippen MR) is 57.4 cm³/mol. The SMILES string of the molecule is CC(C)(C)OC(=O)[C@@]1(N)COC(C)(C)C1. The molecule has 0 aromatic rings. The lowest BCUT2D eigenvalue weighted by molar-refractivity contribution is -0.161. The Morgan fingerprint density at radius 3 is 2.27 bits per heavy atom. The van der Waals surface area contributed by atoms with Crippen molar-refractivity contribution >= 4 is 5.97 Å². The van der Waals surface area contributed by atoms with Crippen LogP contribution in [-0.4, -0.2) is 29.3 Å². The molecule has 4 heteroatoms. The number of esters is 1. The minimum absolute atomic E-state index is 0.231. The number of ether oxygens (including phenoxy) is 2. The number of nitrogens with two attached hydrogens (primary N) is 1. The Bertz CT molecular complexity index is 267. The van der Waals surface area contributed by atoms with Crippen molar-refractivity contribution in [3.05, 3.63) is 0 Å². The third-order valence-electron chi connectivity index (χ3n) is 2.27. The summed E-state index contributed by atoms with van der Waals surface area (Å²) >= 11 is 0. The maximum atomic E-state index is 11.8. The van der Waals surface area contributed by atoms with E-state index in [0.717, 1.165) is 0 Å². The summed E-state index contributed by atoms with van der Waals surface area (Å²) in [6, 6.07) is 0. The van der Waals surface area contributed by atoms with Crippen LogP contribution in [0.15, 0.2) is 0 Å². The minimum Gasteiger partial charge on any atom is -0.459 e. The highest BCUT2D eigenvalue weighted by molar-refractivity contribution is 5.81. The van der Waals surface area contributed by atoms with Crippen LogP contribution in [0.1, 0.15) is 41.0 Å². The first kappa shape index (κ1) is 12.5. The molecule has 0 unspecified atom stereocenters. The number of hydrogen-bond donors (Lipinski definition) is 1. The summed E-state index contributed by atoms with van der Waals surface area (Å²) in [4.78, 5) is 11.8. The third-order valence-corrected chi connectivity index (χ3v) is 2.27. The lowest BCUT2D eigenvalue weighted by Gasteiger charge is -2.27. The highest BCUT2D eigenvalue weighted by Crippen LogP contribution is 2.32. The van der Waals surface area contributed by atoms with Crippen molar-refractivity contribution in [1.82, 2.24) is 0 Å². The lowest BCUT2D eigenvalue weighted by Crippen LogP contribution is -2.52. The predicted octanol–water partition coefficient (Wildman–Crippen LogP) is 1.22. The summed E-state index contributed by atoms with van der Waals surface area (Å²) < 4.78 is 10.7. The van der Waals surface area contributed by atoms with Gasteiger partial charge < -0.3 is 15.2 Å². The van der Waals surface area contributed by atoms with Crippen molar-refractivity contribution in [3.63, 3.8) is 0 Å². The average molecular weight is 215 g/mol. The van der Waals surface area contributed by atoms with Gasteiger partial charge in [0.15, 0.2) is 0 Å². The zero-order chi connectivity index (χ0) is 11.9. The molecule has 0 spiro atoms. The molecular formula is C11H21NO3. The Morgan fingerprint density at radius 1 is 1.40 bits per heavy atom. The van der Waals surface area contributed by atoms with Gasteiger partial charge in [-0.05, 0) is 34.6 Å². The van der Waals surface area contributed by atoms with Crippen molar-refractivity contribution in [2.24, 2.45) is 5.73 Å².